The normalized spacial score (nSPS) is 10.6. The average Bonchev–Trinajstić information content (AvgIpc) is 2.54. The summed E-state index contributed by atoms with van der Waals surface area (Å²) in [7, 11) is 4.05. The molecule has 0 spiro atoms. The fourth-order valence-electron chi connectivity index (χ4n) is 2.31. The van der Waals surface area contributed by atoms with Gasteiger partial charge in [0, 0.05) is 38.1 Å². The van der Waals surface area contributed by atoms with Gasteiger partial charge in [0.2, 0.25) is 0 Å². The maximum absolute atomic E-state index is 13.0. The highest BCUT2D eigenvalue weighted by Crippen LogP contribution is 2.16. The number of anilines is 2. The number of thiocarbonyl (C=S) groups is 1. The van der Waals surface area contributed by atoms with Crippen molar-refractivity contribution in [2.75, 3.05) is 24.3 Å². The lowest BCUT2D eigenvalue weighted by Crippen LogP contribution is -2.39. The van der Waals surface area contributed by atoms with Gasteiger partial charge in [0.1, 0.15) is 5.82 Å². The van der Waals surface area contributed by atoms with E-state index in [1.54, 1.807) is 12.1 Å². The van der Waals surface area contributed by atoms with Crippen molar-refractivity contribution >= 4 is 28.7 Å². The molecular weight excluding hydrogens is 321 g/mol. The van der Waals surface area contributed by atoms with Crippen LogP contribution in [0.1, 0.15) is 19.4 Å². The molecule has 0 aliphatic carbocycles. The van der Waals surface area contributed by atoms with Gasteiger partial charge in [0.15, 0.2) is 5.11 Å². The summed E-state index contributed by atoms with van der Waals surface area (Å²) in [5.41, 5.74) is 3.15. The van der Waals surface area contributed by atoms with E-state index in [0.717, 1.165) is 12.2 Å². The van der Waals surface area contributed by atoms with Gasteiger partial charge in [-0.25, -0.2) is 4.39 Å². The molecule has 0 bridgehead atoms. The van der Waals surface area contributed by atoms with E-state index in [0.29, 0.717) is 5.11 Å². The van der Waals surface area contributed by atoms with Crippen LogP contribution in [0.3, 0.4) is 0 Å². The van der Waals surface area contributed by atoms with E-state index < -0.39 is 0 Å². The Morgan fingerprint density at radius 2 is 1.62 bits per heavy atom. The van der Waals surface area contributed by atoms with Crippen molar-refractivity contribution in [3.63, 3.8) is 0 Å². The molecule has 0 atom stereocenters. The van der Waals surface area contributed by atoms with E-state index in [4.69, 9.17) is 12.2 Å². The van der Waals surface area contributed by atoms with E-state index in [9.17, 15) is 4.39 Å². The largest absolute Gasteiger partial charge is 0.378 e. The fourth-order valence-corrected chi connectivity index (χ4v) is 2.71. The summed E-state index contributed by atoms with van der Waals surface area (Å²) in [4.78, 5) is 4.19. The molecule has 0 radical (unpaired) electrons. The number of nitrogens with zero attached hydrogens (tertiary/aromatic N) is 2. The SMILES string of the molecule is CC(C)N(Cc1ccc(N(C)C)cc1)C(=S)Nc1ccc(F)cc1. The van der Waals surface area contributed by atoms with Crippen LogP contribution in [0.25, 0.3) is 0 Å². The molecule has 0 aromatic heterocycles. The third kappa shape index (κ3) is 4.93. The Balaban J connectivity index is 2.07. The average molecular weight is 345 g/mol. The van der Waals surface area contributed by atoms with Crippen LogP contribution >= 0.6 is 12.2 Å². The van der Waals surface area contributed by atoms with E-state index in [1.165, 1.54) is 23.4 Å². The van der Waals surface area contributed by atoms with Crippen molar-refractivity contribution in [1.82, 2.24) is 4.90 Å². The second-order valence-electron chi connectivity index (χ2n) is 6.22. The molecule has 0 saturated carbocycles. The smallest absolute Gasteiger partial charge is 0.173 e. The molecule has 0 amide bonds. The quantitative estimate of drug-likeness (QED) is 0.804. The number of benzene rings is 2. The van der Waals surface area contributed by atoms with Gasteiger partial charge in [-0.2, -0.15) is 0 Å². The predicted molar refractivity (Wildman–Crippen MR) is 104 cm³/mol. The predicted octanol–water partition coefficient (Wildman–Crippen LogP) is 4.50. The molecule has 3 nitrogen and oxygen atoms in total. The highest BCUT2D eigenvalue weighted by molar-refractivity contribution is 7.80. The fraction of sp³-hybridized carbons (Fsp3) is 0.316. The van der Waals surface area contributed by atoms with Crippen LogP contribution in [-0.2, 0) is 6.54 Å². The zero-order chi connectivity index (χ0) is 17.7. The van der Waals surface area contributed by atoms with Crippen LogP contribution in [0, 0.1) is 5.82 Å². The maximum atomic E-state index is 13.0. The summed E-state index contributed by atoms with van der Waals surface area (Å²) in [6.45, 7) is 4.93. The van der Waals surface area contributed by atoms with Gasteiger partial charge in [0.25, 0.3) is 0 Å². The van der Waals surface area contributed by atoms with E-state index in [-0.39, 0.29) is 11.9 Å². The molecule has 1 N–H and O–H groups in total. The summed E-state index contributed by atoms with van der Waals surface area (Å²) in [5.74, 6) is -0.256. The molecule has 2 aromatic carbocycles. The number of hydrogen-bond donors (Lipinski definition) is 1. The summed E-state index contributed by atoms with van der Waals surface area (Å²) in [5, 5.41) is 3.82. The minimum absolute atomic E-state index is 0.249. The van der Waals surface area contributed by atoms with Crippen LogP contribution in [0.15, 0.2) is 48.5 Å². The van der Waals surface area contributed by atoms with Gasteiger partial charge in [-0.1, -0.05) is 12.1 Å². The molecule has 0 saturated heterocycles. The Morgan fingerprint density at radius 3 is 2.12 bits per heavy atom. The van der Waals surface area contributed by atoms with Crippen LogP contribution < -0.4 is 10.2 Å². The van der Waals surface area contributed by atoms with Crippen LogP contribution in [0.4, 0.5) is 15.8 Å². The van der Waals surface area contributed by atoms with Crippen molar-refractivity contribution in [3.8, 4) is 0 Å². The zero-order valence-corrected chi connectivity index (χ0v) is 15.4. The lowest BCUT2D eigenvalue weighted by atomic mass is 10.1. The molecule has 0 fully saturated rings. The molecule has 5 heteroatoms. The summed E-state index contributed by atoms with van der Waals surface area (Å²) in [6, 6.07) is 14.9. The third-order valence-electron chi connectivity index (χ3n) is 3.79. The highest BCUT2D eigenvalue weighted by atomic mass is 32.1. The Labute approximate surface area is 149 Å². The van der Waals surface area contributed by atoms with E-state index >= 15 is 0 Å². The first-order valence-electron chi connectivity index (χ1n) is 7.96. The number of nitrogens with one attached hydrogen (secondary N) is 1. The van der Waals surface area contributed by atoms with Crippen molar-refractivity contribution in [1.29, 1.82) is 0 Å². The van der Waals surface area contributed by atoms with Crippen LogP contribution in [0.5, 0.6) is 0 Å². The minimum Gasteiger partial charge on any atom is -0.378 e. The minimum atomic E-state index is -0.256. The van der Waals surface area contributed by atoms with Gasteiger partial charge in [0.05, 0.1) is 0 Å². The molecule has 2 aromatic rings. The lowest BCUT2D eigenvalue weighted by Gasteiger charge is -2.30. The summed E-state index contributed by atoms with van der Waals surface area (Å²) < 4.78 is 13.0. The molecular formula is C19H24FN3S. The standard InChI is InChI=1S/C19H24FN3S/c1-14(2)23(13-15-5-11-18(12-6-15)22(3)4)19(24)21-17-9-7-16(20)8-10-17/h5-12,14H,13H2,1-4H3,(H,21,24). The van der Waals surface area contributed by atoms with Crippen LogP contribution in [0.2, 0.25) is 0 Å². The molecule has 0 aliphatic heterocycles. The van der Waals surface area contributed by atoms with Crippen molar-refractivity contribution in [2.45, 2.75) is 26.4 Å². The lowest BCUT2D eigenvalue weighted by molar-refractivity contribution is 0.348. The van der Waals surface area contributed by atoms with Gasteiger partial charge < -0.3 is 15.1 Å². The second kappa shape index (κ2) is 8.11. The zero-order valence-electron chi connectivity index (χ0n) is 14.6. The number of hydrogen-bond acceptors (Lipinski definition) is 2. The molecule has 0 unspecified atom stereocenters. The van der Waals surface area contributed by atoms with Crippen molar-refractivity contribution < 1.29 is 4.39 Å². The van der Waals surface area contributed by atoms with Gasteiger partial charge in [-0.3, -0.25) is 0 Å². The van der Waals surface area contributed by atoms with Gasteiger partial charge in [-0.05, 0) is 68.0 Å². The molecule has 128 valence electrons. The molecule has 2 rings (SSSR count). The van der Waals surface area contributed by atoms with Gasteiger partial charge >= 0.3 is 0 Å². The maximum Gasteiger partial charge on any atom is 0.173 e. The topological polar surface area (TPSA) is 18.5 Å². The number of rotatable bonds is 5. The third-order valence-corrected chi connectivity index (χ3v) is 4.12. The van der Waals surface area contributed by atoms with Gasteiger partial charge in [-0.15, -0.1) is 0 Å². The first kappa shape index (κ1) is 18.2. The van der Waals surface area contributed by atoms with Crippen molar-refractivity contribution in [2.24, 2.45) is 0 Å². The van der Waals surface area contributed by atoms with Crippen molar-refractivity contribution in [3.05, 3.63) is 59.9 Å². The van der Waals surface area contributed by atoms with Crippen LogP contribution in [-0.4, -0.2) is 30.1 Å². The highest BCUT2D eigenvalue weighted by Gasteiger charge is 2.14. The molecule has 0 heterocycles. The summed E-state index contributed by atoms with van der Waals surface area (Å²) in [6.07, 6.45) is 0. The Hall–Kier alpha value is -2.14. The number of halogens is 1. The Morgan fingerprint density at radius 1 is 1.04 bits per heavy atom. The Bertz CT molecular complexity index is 666. The summed E-state index contributed by atoms with van der Waals surface area (Å²) >= 11 is 5.55. The molecule has 24 heavy (non-hydrogen) atoms. The second-order valence-corrected chi connectivity index (χ2v) is 6.61. The monoisotopic (exact) mass is 345 g/mol. The first-order chi connectivity index (χ1) is 11.4. The Kier molecular flexibility index (Phi) is 6.15. The first-order valence-corrected chi connectivity index (χ1v) is 8.37. The van der Waals surface area contributed by atoms with E-state index in [1.807, 2.05) is 14.1 Å². The molecule has 0 aliphatic rings. The van der Waals surface area contributed by atoms with E-state index in [2.05, 4.69) is 53.2 Å².